The van der Waals surface area contributed by atoms with Crippen LogP contribution in [-0.4, -0.2) is 29.1 Å². The zero-order valence-electron chi connectivity index (χ0n) is 13.3. The number of benzene rings is 2. The Labute approximate surface area is 137 Å². The van der Waals surface area contributed by atoms with E-state index in [0.717, 1.165) is 32.5 Å². The maximum atomic E-state index is 11.2. The van der Waals surface area contributed by atoms with E-state index in [1.807, 2.05) is 24.3 Å². The topological polar surface area (TPSA) is 52.6 Å². The van der Waals surface area contributed by atoms with E-state index in [9.17, 15) is 4.79 Å². The van der Waals surface area contributed by atoms with Gasteiger partial charge in [-0.3, -0.25) is 14.9 Å². The number of nitrogens with zero attached hydrogens (tertiary/aromatic N) is 1. The molecule has 0 aromatic heterocycles. The molecule has 4 heteroatoms. The molecule has 2 rings (SSSR count). The van der Waals surface area contributed by atoms with Crippen molar-refractivity contribution in [2.75, 3.05) is 13.1 Å². The van der Waals surface area contributed by atoms with Crippen LogP contribution < -0.4 is 5.48 Å². The third-order valence-corrected chi connectivity index (χ3v) is 3.81. The van der Waals surface area contributed by atoms with Gasteiger partial charge in [0.15, 0.2) is 0 Å². The Bertz CT molecular complexity index is 572. The molecule has 2 aromatic carbocycles. The van der Waals surface area contributed by atoms with E-state index < -0.39 is 0 Å². The monoisotopic (exact) mass is 312 g/mol. The van der Waals surface area contributed by atoms with E-state index in [2.05, 4.69) is 41.3 Å². The Morgan fingerprint density at radius 3 is 2.13 bits per heavy atom. The first-order chi connectivity index (χ1) is 11.3. The van der Waals surface area contributed by atoms with Crippen molar-refractivity contribution < 1.29 is 10.0 Å². The van der Waals surface area contributed by atoms with Crippen LogP contribution in [0.25, 0.3) is 0 Å². The van der Waals surface area contributed by atoms with Crippen molar-refractivity contribution >= 4 is 5.91 Å². The van der Waals surface area contributed by atoms with Gasteiger partial charge in [0.2, 0.25) is 5.91 Å². The minimum Gasteiger partial charge on any atom is -0.299 e. The third kappa shape index (κ3) is 6.63. The number of nitrogens with one attached hydrogen (secondary N) is 1. The lowest BCUT2D eigenvalue weighted by atomic mass is 10.1. The Morgan fingerprint density at radius 2 is 1.52 bits per heavy atom. The van der Waals surface area contributed by atoms with E-state index in [1.165, 1.54) is 11.1 Å². The summed E-state index contributed by atoms with van der Waals surface area (Å²) in [7, 11) is 0. The Balaban J connectivity index is 1.89. The minimum absolute atomic E-state index is 0.326. The fourth-order valence-electron chi connectivity index (χ4n) is 2.56. The number of carbonyl (C=O) groups excluding carboxylic acids is 1. The molecule has 1 amide bonds. The molecular weight excluding hydrogens is 288 g/mol. The van der Waals surface area contributed by atoms with Gasteiger partial charge in [0.05, 0.1) is 0 Å². The van der Waals surface area contributed by atoms with Gasteiger partial charge >= 0.3 is 0 Å². The summed E-state index contributed by atoms with van der Waals surface area (Å²) in [5, 5.41) is 8.57. The van der Waals surface area contributed by atoms with Crippen LogP contribution in [0.5, 0.6) is 0 Å². The summed E-state index contributed by atoms with van der Waals surface area (Å²) in [6, 6.07) is 20.8. The van der Waals surface area contributed by atoms with Crippen molar-refractivity contribution in [2.45, 2.75) is 25.8 Å². The summed E-state index contributed by atoms with van der Waals surface area (Å²) < 4.78 is 0. The standard InChI is InChI=1S/C19H24N2O2/c22-19(20-23)12-7-14-21(16-18-10-5-2-6-11-18)15-13-17-8-3-1-4-9-17/h1-6,8-11,23H,7,12-16H2,(H,20,22). The first-order valence-electron chi connectivity index (χ1n) is 8.01. The highest BCUT2D eigenvalue weighted by Gasteiger charge is 2.08. The molecule has 0 atom stereocenters. The molecule has 122 valence electrons. The van der Waals surface area contributed by atoms with Crippen LogP contribution in [0.2, 0.25) is 0 Å². The minimum atomic E-state index is -0.326. The lowest BCUT2D eigenvalue weighted by molar-refractivity contribution is -0.129. The summed E-state index contributed by atoms with van der Waals surface area (Å²) in [5.41, 5.74) is 4.28. The second kappa shape index (κ2) is 9.77. The molecule has 0 heterocycles. The van der Waals surface area contributed by atoms with Crippen molar-refractivity contribution in [2.24, 2.45) is 0 Å². The number of carbonyl (C=O) groups is 1. The quantitative estimate of drug-likeness (QED) is 0.553. The zero-order valence-corrected chi connectivity index (χ0v) is 13.3. The SMILES string of the molecule is O=C(CCCN(CCc1ccccc1)Cc1ccccc1)NO. The van der Waals surface area contributed by atoms with Gasteiger partial charge in [-0.25, -0.2) is 5.48 Å². The summed E-state index contributed by atoms with van der Waals surface area (Å²) in [4.78, 5) is 13.5. The van der Waals surface area contributed by atoms with Crippen LogP contribution >= 0.6 is 0 Å². The number of rotatable bonds is 9. The molecule has 2 aromatic rings. The van der Waals surface area contributed by atoms with Gasteiger partial charge in [0.1, 0.15) is 0 Å². The van der Waals surface area contributed by atoms with Gasteiger partial charge in [-0.05, 0) is 30.5 Å². The Hall–Kier alpha value is -2.17. The molecule has 0 saturated carbocycles. The van der Waals surface area contributed by atoms with Gasteiger partial charge < -0.3 is 0 Å². The molecule has 2 N–H and O–H groups in total. The van der Waals surface area contributed by atoms with Crippen LogP contribution in [0, 0.1) is 0 Å². The van der Waals surface area contributed by atoms with Crippen LogP contribution in [0.3, 0.4) is 0 Å². The molecule has 4 nitrogen and oxygen atoms in total. The van der Waals surface area contributed by atoms with E-state index in [4.69, 9.17) is 5.21 Å². The molecule has 0 aliphatic carbocycles. The Kier molecular flexibility index (Phi) is 7.30. The van der Waals surface area contributed by atoms with Crippen molar-refractivity contribution in [1.82, 2.24) is 10.4 Å². The molecule has 0 fully saturated rings. The molecule has 0 saturated heterocycles. The number of hydroxylamine groups is 1. The summed E-state index contributed by atoms with van der Waals surface area (Å²) in [6.07, 6.45) is 2.06. The number of hydrogen-bond donors (Lipinski definition) is 2. The predicted octanol–water partition coefficient (Wildman–Crippen LogP) is 3.02. The Morgan fingerprint density at radius 1 is 0.913 bits per heavy atom. The maximum absolute atomic E-state index is 11.2. The maximum Gasteiger partial charge on any atom is 0.243 e. The number of amides is 1. The molecule has 23 heavy (non-hydrogen) atoms. The van der Waals surface area contributed by atoms with Crippen molar-refractivity contribution in [1.29, 1.82) is 0 Å². The van der Waals surface area contributed by atoms with E-state index in [1.54, 1.807) is 5.48 Å². The highest BCUT2D eigenvalue weighted by molar-refractivity contribution is 5.74. The van der Waals surface area contributed by atoms with Crippen LogP contribution in [0.4, 0.5) is 0 Å². The number of hydrogen-bond acceptors (Lipinski definition) is 3. The molecule has 0 spiro atoms. The normalized spacial score (nSPS) is 10.7. The second-order valence-electron chi connectivity index (χ2n) is 5.64. The molecule has 0 radical (unpaired) electrons. The smallest absolute Gasteiger partial charge is 0.243 e. The van der Waals surface area contributed by atoms with Crippen LogP contribution in [0.1, 0.15) is 24.0 Å². The zero-order chi connectivity index (χ0) is 16.3. The fourth-order valence-corrected chi connectivity index (χ4v) is 2.56. The lowest BCUT2D eigenvalue weighted by Crippen LogP contribution is -2.28. The average molecular weight is 312 g/mol. The van der Waals surface area contributed by atoms with E-state index >= 15 is 0 Å². The molecular formula is C19H24N2O2. The van der Waals surface area contributed by atoms with Gasteiger partial charge in [0.25, 0.3) is 0 Å². The van der Waals surface area contributed by atoms with Crippen LogP contribution in [-0.2, 0) is 17.8 Å². The predicted molar refractivity (Wildman–Crippen MR) is 91.0 cm³/mol. The van der Waals surface area contributed by atoms with Crippen molar-refractivity contribution in [3.8, 4) is 0 Å². The lowest BCUT2D eigenvalue weighted by Gasteiger charge is -2.22. The largest absolute Gasteiger partial charge is 0.299 e. The van der Waals surface area contributed by atoms with Crippen LogP contribution in [0.15, 0.2) is 60.7 Å². The van der Waals surface area contributed by atoms with Crippen molar-refractivity contribution in [3.05, 3.63) is 71.8 Å². The highest BCUT2D eigenvalue weighted by Crippen LogP contribution is 2.08. The van der Waals surface area contributed by atoms with Gasteiger partial charge in [-0.15, -0.1) is 0 Å². The molecule has 0 bridgehead atoms. The molecule has 0 aliphatic rings. The van der Waals surface area contributed by atoms with E-state index in [0.29, 0.717) is 6.42 Å². The molecule has 0 unspecified atom stereocenters. The average Bonchev–Trinajstić information content (AvgIpc) is 2.61. The highest BCUT2D eigenvalue weighted by atomic mass is 16.5. The van der Waals surface area contributed by atoms with Crippen molar-refractivity contribution in [3.63, 3.8) is 0 Å². The van der Waals surface area contributed by atoms with Gasteiger partial charge in [-0.2, -0.15) is 0 Å². The first kappa shape index (κ1) is 17.2. The fraction of sp³-hybridized carbons (Fsp3) is 0.316. The molecule has 0 aliphatic heterocycles. The summed E-state index contributed by atoms with van der Waals surface area (Å²) in [5.74, 6) is -0.326. The van der Waals surface area contributed by atoms with Gasteiger partial charge in [0, 0.05) is 19.5 Å². The summed E-state index contributed by atoms with van der Waals surface area (Å²) >= 11 is 0. The second-order valence-corrected chi connectivity index (χ2v) is 5.64. The summed E-state index contributed by atoms with van der Waals surface area (Å²) in [6.45, 7) is 2.64. The third-order valence-electron chi connectivity index (χ3n) is 3.81. The van der Waals surface area contributed by atoms with Gasteiger partial charge in [-0.1, -0.05) is 60.7 Å². The first-order valence-corrected chi connectivity index (χ1v) is 8.01. The van der Waals surface area contributed by atoms with E-state index in [-0.39, 0.29) is 5.91 Å².